The number of benzene rings is 1. The number of amides is 3. The summed E-state index contributed by atoms with van der Waals surface area (Å²) < 4.78 is 5.15. The summed E-state index contributed by atoms with van der Waals surface area (Å²) in [5, 5.41) is 6.19. The zero-order chi connectivity index (χ0) is 22.9. The number of alkyl carbamates (subject to hydrolysis) is 1. The average Bonchev–Trinajstić information content (AvgIpc) is 2.71. The Balaban J connectivity index is 1.62. The van der Waals surface area contributed by atoms with E-state index in [1.807, 2.05) is 17.0 Å². The Kier molecular flexibility index (Phi) is 9.37. The van der Waals surface area contributed by atoms with Gasteiger partial charge in [0.25, 0.3) is 0 Å². The molecule has 1 saturated heterocycles. The SMILES string of the molecule is CC(C)(C)OC(=O)NCCC(=O)N1CCC(CNC(=O)/C=C/c2ccc(Cl)cc2)CC1. The van der Waals surface area contributed by atoms with Crippen LogP contribution in [0.5, 0.6) is 0 Å². The second-order valence-corrected chi connectivity index (χ2v) is 9.07. The van der Waals surface area contributed by atoms with Crippen molar-refractivity contribution in [2.45, 2.75) is 45.6 Å². The van der Waals surface area contributed by atoms with Crippen molar-refractivity contribution in [1.82, 2.24) is 15.5 Å². The van der Waals surface area contributed by atoms with Crippen molar-refractivity contribution in [3.8, 4) is 0 Å². The monoisotopic (exact) mass is 449 g/mol. The number of piperidine rings is 1. The third-order valence-electron chi connectivity index (χ3n) is 4.84. The largest absolute Gasteiger partial charge is 0.444 e. The van der Waals surface area contributed by atoms with Crippen molar-refractivity contribution in [2.24, 2.45) is 5.92 Å². The molecule has 1 aromatic rings. The molecule has 0 radical (unpaired) electrons. The molecule has 0 atom stereocenters. The van der Waals surface area contributed by atoms with Gasteiger partial charge in [0.2, 0.25) is 11.8 Å². The van der Waals surface area contributed by atoms with Gasteiger partial charge in [-0.1, -0.05) is 23.7 Å². The van der Waals surface area contributed by atoms with Crippen LogP contribution in [0.1, 0.15) is 45.6 Å². The van der Waals surface area contributed by atoms with Crippen LogP contribution >= 0.6 is 11.6 Å². The fourth-order valence-corrected chi connectivity index (χ4v) is 3.31. The molecule has 31 heavy (non-hydrogen) atoms. The minimum atomic E-state index is -0.559. The number of nitrogens with zero attached hydrogens (tertiary/aromatic N) is 1. The number of likely N-dealkylation sites (tertiary alicyclic amines) is 1. The molecule has 1 heterocycles. The number of rotatable bonds is 7. The number of carbonyl (C=O) groups excluding carboxylic acids is 3. The first kappa shape index (κ1) is 24.7. The van der Waals surface area contributed by atoms with Crippen LogP contribution in [-0.4, -0.2) is 54.6 Å². The molecular weight excluding hydrogens is 418 g/mol. The van der Waals surface area contributed by atoms with Crippen LogP contribution < -0.4 is 10.6 Å². The van der Waals surface area contributed by atoms with Crippen LogP contribution in [0.15, 0.2) is 30.3 Å². The first-order chi connectivity index (χ1) is 14.6. The van der Waals surface area contributed by atoms with Crippen molar-refractivity contribution < 1.29 is 19.1 Å². The Morgan fingerprint density at radius 3 is 2.39 bits per heavy atom. The normalized spacial score (nSPS) is 15.0. The third kappa shape index (κ3) is 9.87. The van der Waals surface area contributed by atoms with Gasteiger partial charge in [0.1, 0.15) is 5.60 Å². The van der Waals surface area contributed by atoms with Crippen LogP contribution in [0.3, 0.4) is 0 Å². The maximum absolute atomic E-state index is 12.3. The zero-order valence-electron chi connectivity index (χ0n) is 18.4. The fourth-order valence-electron chi connectivity index (χ4n) is 3.18. The molecule has 7 nitrogen and oxygen atoms in total. The second-order valence-electron chi connectivity index (χ2n) is 8.63. The number of carbonyl (C=O) groups is 3. The lowest BCUT2D eigenvalue weighted by molar-refractivity contribution is -0.132. The predicted molar refractivity (Wildman–Crippen MR) is 122 cm³/mol. The lowest BCUT2D eigenvalue weighted by atomic mass is 9.96. The fraction of sp³-hybridized carbons (Fsp3) is 0.522. The van der Waals surface area contributed by atoms with Crippen LogP contribution in [-0.2, 0) is 14.3 Å². The molecule has 0 unspecified atom stereocenters. The topological polar surface area (TPSA) is 87.7 Å². The minimum absolute atomic E-state index is 0.0180. The van der Waals surface area contributed by atoms with Gasteiger partial charge in [-0.2, -0.15) is 0 Å². The van der Waals surface area contributed by atoms with E-state index in [9.17, 15) is 14.4 Å². The Hall–Kier alpha value is -2.54. The summed E-state index contributed by atoms with van der Waals surface area (Å²) in [5.41, 5.74) is 0.351. The van der Waals surface area contributed by atoms with E-state index >= 15 is 0 Å². The summed E-state index contributed by atoms with van der Waals surface area (Å²) in [6.45, 7) is 7.54. The van der Waals surface area contributed by atoms with E-state index in [2.05, 4.69) is 10.6 Å². The van der Waals surface area contributed by atoms with Crippen molar-refractivity contribution in [3.05, 3.63) is 40.9 Å². The van der Waals surface area contributed by atoms with Crippen LogP contribution in [0.4, 0.5) is 4.79 Å². The standard InChI is InChI=1S/C23H32ClN3O4/c1-23(2,3)31-22(30)25-13-10-21(29)27-14-11-18(12-15-27)16-26-20(28)9-6-17-4-7-19(24)8-5-17/h4-9,18H,10-16H2,1-3H3,(H,25,30)(H,26,28)/b9-6+. The molecule has 8 heteroatoms. The zero-order valence-corrected chi connectivity index (χ0v) is 19.2. The van der Waals surface area contributed by atoms with Crippen molar-refractivity contribution in [3.63, 3.8) is 0 Å². The molecule has 0 saturated carbocycles. The molecule has 0 bridgehead atoms. The van der Waals surface area contributed by atoms with Crippen LogP contribution in [0, 0.1) is 5.92 Å². The molecule has 170 valence electrons. The smallest absolute Gasteiger partial charge is 0.407 e. The summed E-state index contributed by atoms with van der Waals surface area (Å²) in [6, 6.07) is 7.26. The molecule has 2 N–H and O–H groups in total. The Morgan fingerprint density at radius 2 is 1.77 bits per heavy atom. The average molecular weight is 450 g/mol. The molecule has 1 fully saturated rings. The van der Waals surface area contributed by atoms with E-state index < -0.39 is 11.7 Å². The number of hydrogen-bond donors (Lipinski definition) is 2. The third-order valence-corrected chi connectivity index (χ3v) is 5.09. The van der Waals surface area contributed by atoms with Gasteiger partial charge in [-0.15, -0.1) is 0 Å². The molecule has 0 spiro atoms. The van der Waals surface area contributed by atoms with Gasteiger partial charge in [-0.25, -0.2) is 4.79 Å². The van der Waals surface area contributed by atoms with Crippen molar-refractivity contribution in [2.75, 3.05) is 26.2 Å². The number of ether oxygens (including phenoxy) is 1. The number of hydrogen-bond acceptors (Lipinski definition) is 4. The van der Waals surface area contributed by atoms with E-state index in [1.165, 1.54) is 6.08 Å². The van der Waals surface area contributed by atoms with Crippen LogP contribution in [0.2, 0.25) is 5.02 Å². The summed E-state index contributed by atoms with van der Waals surface area (Å²) >= 11 is 5.85. The van der Waals surface area contributed by atoms with Gasteiger partial charge in [-0.3, -0.25) is 9.59 Å². The van der Waals surface area contributed by atoms with Crippen LogP contribution in [0.25, 0.3) is 6.08 Å². The Labute approximate surface area is 189 Å². The maximum atomic E-state index is 12.3. The highest BCUT2D eigenvalue weighted by atomic mass is 35.5. The summed E-state index contributed by atoms with van der Waals surface area (Å²) in [7, 11) is 0. The number of halogens is 1. The van der Waals surface area contributed by atoms with E-state index in [-0.39, 0.29) is 24.8 Å². The Morgan fingerprint density at radius 1 is 1.13 bits per heavy atom. The maximum Gasteiger partial charge on any atom is 0.407 e. The molecule has 1 aromatic carbocycles. The molecule has 0 aliphatic carbocycles. The molecule has 0 aromatic heterocycles. The molecule has 3 amide bonds. The van der Waals surface area contributed by atoms with Gasteiger partial charge < -0.3 is 20.3 Å². The quantitative estimate of drug-likeness (QED) is 0.622. The molecule has 1 aliphatic rings. The van der Waals surface area contributed by atoms with Gasteiger partial charge in [-0.05, 0) is 63.3 Å². The summed E-state index contributed by atoms with van der Waals surface area (Å²) in [5.74, 6) is 0.225. The Bertz CT molecular complexity index is 779. The van der Waals surface area contributed by atoms with Gasteiger partial charge in [0, 0.05) is 43.7 Å². The molecule has 1 aliphatic heterocycles. The summed E-state index contributed by atoms with van der Waals surface area (Å²) in [6.07, 6.45) is 4.67. The first-order valence-electron chi connectivity index (χ1n) is 10.6. The lowest BCUT2D eigenvalue weighted by Gasteiger charge is -2.32. The second kappa shape index (κ2) is 11.7. The lowest BCUT2D eigenvalue weighted by Crippen LogP contribution is -2.42. The minimum Gasteiger partial charge on any atom is -0.444 e. The highest BCUT2D eigenvalue weighted by Crippen LogP contribution is 2.17. The molecule has 2 rings (SSSR count). The summed E-state index contributed by atoms with van der Waals surface area (Å²) in [4.78, 5) is 37.8. The van der Waals surface area contributed by atoms with E-state index in [0.717, 1.165) is 18.4 Å². The number of nitrogens with one attached hydrogen (secondary N) is 2. The van der Waals surface area contributed by atoms with Crippen molar-refractivity contribution >= 4 is 35.6 Å². The van der Waals surface area contributed by atoms with Gasteiger partial charge in [0.05, 0.1) is 0 Å². The van der Waals surface area contributed by atoms with Gasteiger partial charge in [0.15, 0.2) is 0 Å². The van der Waals surface area contributed by atoms with E-state index in [1.54, 1.807) is 39.0 Å². The highest BCUT2D eigenvalue weighted by molar-refractivity contribution is 6.30. The van der Waals surface area contributed by atoms with Crippen molar-refractivity contribution in [1.29, 1.82) is 0 Å². The molecular formula is C23H32ClN3O4. The van der Waals surface area contributed by atoms with Gasteiger partial charge >= 0.3 is 6.09 Å². The van der Waals surface area contributed by atoms with E-state index in [0.29, 0.717) is 30.6 Å². The predicted octanol–water partition coefficient (Wildman–Crippen LogP) is 3.62. The first-order valence-corrected chi connectivity index (χ1v) is 11.0. The van der Waals surface area contributed by atoms with E-state index in [4.69, 9.17) is 16.3 Å². The highest BCUT2D eigenvalue weighted by Gasteiger charge is 2.23.